The fourth-order valence-electron chi connectivity index (χ4n) is 4.00. The van der Waals surface area contributed by atoms with E-state index < -0.39 is 0 Å². The number of hydrogen-bond donors (Lipinski definition) is 0. The molecule has 3 aromatic carbocycles. The number of allylic oxidation sites excluding steroid dienone is 1. The summed E-state index contributed by atoms with van der Waals surface area (Å²) < 4.78 is 18.8. The number of imide groups is 1. The number of ether oxygens (including phenoxy) is 1. The number of benzene rings is 3. The molecule has 1 heterocycles. The lowest BCUT2D eigenvalue weighted by Gasteiger charge is -2.14. The average Bonchev–Trinajstić information content (AvgIpc) is 3.25. The van der Waals surface area contributed by atoms with E-state index in [4.69, 9.17) is 4.74 Å². The maximum absolute atomic E-state index is 13.0. The molecule has 0 bridgehead atoms. The number of aryl methyl sites for hydroxylation is 1. The van der Waals surface area contributed by atoms with Crippen LogP contribution in [-0.2, 0) is 16.0 Å². The van der Waals surface area contributed by atoms with Gasteiger partial charge >= 0.3 is 0 Å². The van der Waals surface area contributed by atoms with Crippen LogP contribution in [0.2, 0.25) is 0 Å². The summed E-state index contributed by atoms with van der Waals surface area (Å²) >= 11 is 0. The van der Waals surface area contributed by atoms with Gasteiger partial charge in [-0.15, -0.1) is 0 Å². The average molecular weight is 498 g/mol. The first-order valence-corrected chi connectivity index (χ1v) is 12.4. The van der Waals surface area contributed by atoms with Crippen LogP contribution in [0.5, 0.6) is 5.75 Å². The van der Waals surface area contributed by atoms with E-state index in [0.29, 0.717) is 17.9 Å². The minimum atomic E-state index is -0.367. The zero-order valence-corrected chi connectivity index (χ0v) is 20.4. The molecule has 0 saturated heterocycles. The maximum Gasteiger partial charge on any atom is 0.258 e. The summed E-state index contributed by atoms with van der Waals surface area (Å²) in [5.74, 6) is -0.364. The van der Waals surface area contributed by atoms with Crippen molar-refractivity contribution < 1.29 is 23.5 Å². The van der Waals surface area contributed by atoms with Crippen molar-refractivity contribution in [3.05, 3.63) is 114 Å². The third kappa shape index (κ3) is 7.34. The number of carbonyl (C=O) groups excluding carboxylic acids is 3. The topological polar surface area (TPSA) is 63.7 Å². The van der Waals surface area contributed by atoms with Crippen molar-refractivity contribution in [2.45, 2.75) is 32.1 Å². The number of anilines is 1. The van der Waals surface area contributed by atoms with Crippen LogP contribution in [0.1, 0.15) is 47.2 Å². The number of rotatable bonds is 12. The van der Waals surface area contributed by atoms with Crippen molar-refractivity contribution in [1.82, 2.24) is 0 Å². The highest BCUT2D eigenvalue weighted by Crippen LogP contribution is 2.20. The molecule has 3 aromatic rings. The SMILES string of the molecule is O=C(C=Cc1ccc(OCCCCCCc2ccc(N3C(=O)C=CC3=O)cc2)cc1)c1ccc(F)cc1. The number of hydrogen-bond acceptors (Lipinski definition) is 4. The summed E-state index contributed by atoms with van der Waals surface area (Å²) in [6.45, 7) is 0.638. The second-order valence-corrected chi connectivity index (χ2v) is 8.80. The molecule has 188 valence electrons. The number of carbonyl (C=O) groups is 3. The van der Waals surface area contributed by atoms with Crippen LogP contribution in [-0.4, -0.2) is 24.2 Å². The number of nitrogens with zero attached hydrogens (tertiary/aromatic N) is 1. The summed E-state index contributed by atoms with van der Waals surface area (Å²) in [4.78, 5) is 36.8. The zero-order valence-electron chi connectivity index (χ0n) is 20.4. The van der Waals surface area contributed by atoms with Crippen molar-refractivity contribution in [2.24, 2.45) is 0 Å². The Morgan fingerprint density at radius 2 is 1.43 bits per heavy atom. The van der Waals surface area contributed by atoms with E-state index in [9.17, 15) is 18.8 Å². The van der Waals surface area contributed by atoms with Crippen LogP contribution in [0.15, 0.2) is 91.0 Å². The Labute approximate surface area is 215 Å². The molecule has 0 aliphatic carbocycles. The Kier molecular flexibility index (Phi) is 8.76. The van der Waals surface area contributed by atoms with E-state index in [1.165, 1.54) is 53.0 Å². The minimum absolute atomic E-state index is 0.176. The van der Waals surface area contributed by atoms with Gasteiger partial charge in [0.1, 0.15) is 11.6 Å². The number of halogens is 1. The van der Waals surface area contributed by atoms with Crippen molar-refractivity contribution in [3.8, 4) is 5.75 Å². The van der Waals surface area contributed by atoms with Gasteiger partial charge in [-0.05, 0) is 85.0 Å². The van der Waals surface area contributed by atoms with E-state index in [-0.39, 0.29) is 23.4 Å². The van der Waals surface area contributed by atoms with Gasteiger partial charge in [-0.2, -0.15) is 0 Å². The molecule has 1 aliphatic rings. The zero-order chi connectivity index (χ0) is 26.0. The monoisotopic (exact) mass is 497 g/mol. The summed E-state index contributed by atoms with van der Waals surface area (Å²) in [5, 5.41) is 0. The first-order valence-electron chi connectivity index (χ1n) is 12.4. The van der Waals surface area contributed by atoms with Gasteiger partial charge in [0.05, 0.1) is 12.3 Å². The second kappa shape index (κ2) is 12.6. The van der Waals surface area contributed by atoms with E-state index >= 15 is 0 Å². The molecular formula is C31H28FNO4. The van der Waals surface area contributed by atoms with Crippen LogP contribution < -0.4 is 9.64 Å². The molecule has 0 spiro atoms. The van der Waals surface area contributed by atoms with Gasteiger partial charge in [0.25, 0.3) is 11.8 Å². The Morgan fingerprint density at radius 1 is 0.784 bits per heavy atom. The molecule has 37 heavy (non-hydrogen) atoms. The van der Waals surface area contributed by atoms with Gasteiger partial charge in [-0.3, -0.25) is 14.4 Å². The quantitative estimate of drug-likeness (QED) is 0.127. The van der Waals surface area contributed by atoms with Gasteiger partial charge < -0.3 is 4.74 Å². The Hall–Kier alpha value is -4.32. The highest BCUT2D eigenvalue weighted by molar-refractivity contribution is 6.28. The van der Waals surface area contributed by atoms with Crippen LogP contribution in [0.25, 0.3) is 6.08 Å². The first-order chi connectivity index (χ1) is 18.0. The van der Waals surface area contributed by atoms with Crippen LogP contribution in [0.3, 0.4) is 0 Å². The third-order valence-corrected chi connectivity index (χ3v) is 6.07. The van der Waals surface area contributed by atoms with Crippen molar-refractivity contribution in [2.75, 3.05) is 11.5 Å². The largest absolute Gasteiger partial charge is 0.494 e. The maximum atomic E-state index is 13.0. The predicted molar refractivity (Wildman–Crippen MR) is 142 cm³/mol. The molecule has 0 N–H and O–H groups in total. The van der Waals surface area contributed by atoms with Crippen molar-refractivity contribution in [3.63, 3.8) is 0 Å². The van der Waals surface area contributed by atoms with E-state index in [1.807, 2.05) is 48.5 Å². The van der Waals surface area contributed by atoms with E-state index in [2.05, 4.69) is 0 Å². The molecule has 0 saturated carbocycles. The summed E-state index contributed by atoms with van der Waals surface area (Å²) in [6, 6.07) is 20.6. The molecule has 0 aromatic heterocycles. The normalized spacial score (nSPS) is 13.1. The highest BCUT2D eigenvalue weighted by atomic mass is 19.1. The standard InChI is InChI=1S/C31H28FNO4/c32-26-13-11-25(12-14-26)29(34)19-10-24-8-17-28(18-9-24)37-22-4-2-1-3-5-23-6-15-27(16-7-23)33-30(35)20-21-31(33)36/h6-21H,1-5,22H2. The molecule has 6 heteroatoms. The van der Waals surface area contributed by atoms with Crippen LogP contribution in [0, 0.1) is 5.82 Å². The summed E-state index contributed by atoms with van der Waals surface area (Å²) in [5.41, 5.74) is 3.11. The lowest BCUT2D eigenvalue weighted by molar-refractivity contribution is -0.119. The van der Waals surface area contributed by atoms with Gasteiger partial charge in [0.2, 0.25) is 0 Å². The summed E-state index contributed by atoms with van der Waals surface area (Å²) in [6.07, 6.45) is 10.9. The first kappa shape index (κ1) is 25.8. The van der Waals surface area contributed by atoms with Crippen LogP contribution >= 0.6 is 0 Å². The third-order valence-electron chi connectivity index (χ3n) is 6.07. The predicted octanol–water partition coefficient (Wildman–Crippen LogP) is 6.33. The molecule has 0 fully saturated rings. The molecule has 2 amide bonds. The van der Waals surface area contributed by atoms with Crippen LogP contribution in [0.4, 0.5) is 10.1 Å². The number of ketones is 1. The number of unbranched alkanes of at least 4 members (excludes halogenated alkanes) is 3. The minimum Gasteiger partial charge on any atom is -0.494 e. The van der Waals surface area contributed by atoms with Crippen molar-refractivity contribution >= 4 is 29.4 Å². The fourth-order valence-corrected chi connectivity index (χ4v) is 4.00. The lowest BCUT2D eigenvalue weighted by atomic mass is 10.1. The van der Waals surface area contributed by atoms with Crippen molar-refractivity contribution in [1.29, 1.82) is 0 Å². The Bertz CT molecular complexity index is 1270. The lowest BCUT2D eigenvalue weighted by Crippen LogP contribution is -2.29. The van der Waals surface area contributed by atoms with Gasteiger partial charge in [-0.1, -0.05) is 43.2 Å². The molecule has 1 aliphatic heterocycles. The Morgan fingerprint density at radius 3 is 2.11 bits per heavy atom. The molecule has 0 atom stereocenters. The smallest absolute Gasteiger partial charge is 0.258 e. The molecule has 0 radical (unpaired) electrons. The molecule has 0 unspecified atom stereocenters. The Balaban J connectivity index is 1.10. The summed E-state index contributed by atoms with van der Waals surface area (Å²) in [7, 11) is 0. The van der Waals surface area contributed by atoms with Gasteiger partial charge in [0.15, 0.2) is 5.78 Å². The molecule has 5 nitrogen and oxygen atoms in total. The molecular weight excluding hydrogens is 469 g/mol. The van der Waals surface area contributed by atoms with Gasteiger partial charge in [0, 0.05) is 17.7 Å². The number of amides is 2. The fraction of sp³-hybridized carbons (Fsp3) is 0.194. The highest BCUT2D eigenvalue weighted by Gasteiger charge is 2.24. The van der Waals surface area contributed by atoms with Gasteiger partial charge in [-0.25, -0.2) is 9.29 Å². The van der Waals surface area contributed by atoms with E-state index in [0.717, 1.165) is 43.4 Å². The molecule has 4 rings (SSSR count). The second-order valence-electron chi connectivity index (χ2n) is 8.80. The van der Waals surface area contributed by atoms with E-state index in [1.54, 1.807) is 6.08 Å².